The van der Waals surface area contributed by atoms with E-state index in [0.29, 0.717) is 5.56 Å². The average Bonchev–Trinajstić information content (AvgIpc) is 2.01. The smallest absolute Gasteiger partial charge is 0.147 e. The molecule has 0 radical (unpaired) electrons. The molecule has 0 fully saturated rings. The molecule has 0 saturated heterocycles. The summed E-state index contributed by atoms with van der Waals surface area (Å²) < 4.78 is 12.9. The van der Waals surface area contributed by atoms with E-state index in [9.17, 15) is 9.18 Å². The van der Waals surface area contributed by atoms with Gasteiger partial charge in [0.05, 0.1) is 4.83 Å². The lowest BCUT2D eigenvalue weighted by Gasteiger charge is -2.07. The van der Waals surface area contributed by atoms with Gasteiger partial charge in [0.1, 0.15) is 11.6 Å². The first kappa shape index (κ1) is 10.4. The van der Waals surface area contributed by atoms with E-state index in [-0.39, 0.29) is 11.6 Å². The first-order chi connectivity index (χ1) is 6.00. The number of aryl methyl sites for hydroxylation is 1. The summed E-state index contributed by atoms with van der Waals surface area (Å²) in [5.41, 5.74) is 1.49. The Hall–Kier alpha value is -0.700. The lowest BCUT2D eigenvalue weighted by atomic mass is 10.1. The van der Waals surface area contributed by atoms with Crippen LogP contribution in [0.15, 0.2) is 18.2 Å². The van der Waals surface area contributed by atoms with Gasteiger partial charge in [-0.15, -0.1) is 0 Å². The molecule has 1 nitrogen and oxygen atoms in total. The molecule has 0 aliphatic carbocycles. The zero-order chi connectivity index (χ0) is 10.0. The first-order valence-corrected chi connectivity index (χ1v) is 4.84. The summed E-state index contributed by atoms with van der Waals surface area (Å²) >= 11 is 3.20. The number of carbonyl (C=O) groups excluding carboxylic acids is 1. The van der Waals surface area contributed by atoms with Crippen LogP contribution in [0.4, 0.5) is 4.39 Å². The van der Waals surface area contributed by atoms with Gasteiger partial charge in [0.2, 0.25) is 0 Å². The standard InChI is InChI=1S/C10H10BrFO/c1-6-3-8(5-9(12)4-6)10(11)7(2)13/h3-5,10H,1-2H3. The van der Waals surface area contributed by atoms with E-state index in [4.69, 9.17) is 0 Å². The summed E-state index contributed by atoms with van der Waals surface area (Å²) in [5.74, 6) is -0.328. The molecular weight excluding hydrogens is 235 g/mol. The van der Waals surface area contributed by atoms with Crippen LogP contribution in [0.25, 0.3) is 0 Å². The van der Waals surface area contributed by atoms with Crippen molar-refractivity contribution in [2.24, 2.45) is 0 Å². The summed E-state index contributed by atoms with van der Waals surface area (Å²) in [6.07, 6.45) is 0. The van der Waals surface area contributed by atoms with E-state index in [0.717, 1.165) is 5.56 Å². The van der Waals surface area contributed by atoms with Crippen molar-refractivity contribution in [1.82, 2.24) is 0 Å². The number of Topliss-reactive ketones (excluding diaryl/α,β-unsaturated/α-hetero) is 1. The summed E-state index contributed by atoms with van der Waals surface area (Å²) in [6.45, 7) is 3.27. The zero-order valence-electron chi connectivity index (χ0n) is 7.47. The normalized spacial score (nSPS) is 12.6. The summed E-state index contributed by atoms with van der Waals surface area (Å²) in [5, 5.41) is 0. The maximum atomic E-state index is 12.9. The van der Waals surface area contributed by atoms with Crippen LogP contribution < -0.4 is 0 Å². The van der Waals surface area contributed by atoms with Crippen molar-refractivity contribution >= 4 is 21.7 Å². The van der Waals surface area contributed by atoms with Crippen LogP contribution in [-0.2, 0) is 4.79 Å². The Bertz CT molecular complexity index is 315. The molecule has 3 heteroatoms. The molecule has 0 aliphatic rings. The van der Waals surface area contributed by atoms with Gasteiger partial charge in [0.15, 0.2) is 0 Å². The Labute approximate surface area is 85.1 Å². The molecule has 0 aliphatic heterocycles. The predicted octanol–water partition coefficient (Wildman–Crippen LogP) is 3.16. The molecule has 1 rings (SSSR count). The van der Waals surface area contributed by atoms with E-state index in [1.54, 1.807) is 13.0 Å². The molecule has 1 aromatic carbocycles. The maximum absolute atomic E-state index is 12.9. The third kappa shape index (κ3) is 2.62. The van der Waals surface area contributed by atoms with Gasteiger partial charge in [-0.05, 0) is 37.1 Å². The van der Waals surface area contributed by atoms with Crippen LogP contribution in [-0.4, -0.2) is 5.78 Å². The average molecular weight is 245 g/mol. The molecule has 0 heterocycles. The molecular formula is C10H10BrFO. The molecule has 1 aromatic rings. The van der Waals surface area contributed by atoms with Gasteiger partial charge in [0.25, 0.3) is 0 Å². The molecule has 0 spiro atoms. The molecule has 0 aromatic heterocycles. The second kappa shape index (κ2) is 4.01. The number of rotatable bonds is 2. The van der Waals surface area contributed by atoms with E-state index in [1.165, 1.54) is 19.1 Å². The minimum atomic E-state index is -0.401. The molecule has 1 atom stereocenters. The second-order valence-corrected chi connectivity index (χ2v) is 3.95. The first-order valence-electron chi connectivity index (χ1n) is 3.92. The Morgan fingerprint density at radius 1 is 1.46 bits per heavy atom. The highest BCUT2D eigenvalue weighted by molar-refractivity contribution is 9.09. The fraction of sp³-hybridized carbons (Fsp3) is 0.300. The summed E-state index contributed by atoms with van der Waals surface area (Å²) in [4.78, 5) is 10.6. The van der Waals surface area contributed by atoms with Crippen molar-refractivity contribution in [3.63, 3.8) is 0 Å². The highest BCUT2D eigenvalue weighted by Gasteiger charge is 2.13. The van der Waals surface area contributed by atoms with Crippen molar-refractivity contribution < 1.29 is 9.18 Å². The highest BCUT2D eigenvalue weighted by Crippen LogP contribution is 2.25. The molecule has 70 valence electrons. The molecule has 0 amide bonds. The van der Waals surface area contributed by atoms with Gasteiger partial charge in [-0.3, -0.25) is 4.79 Å². The number of alkyl halides is 1. The third-order valence-corrected chi connectivity index (χ3v) is 2.89. The van der Waals surface area contributed by atoms with E-state index in [2.05, 4.69) is 15.9 Å². The van der Waals surface area contributed by atoms with Crippen LogP contribution in [0.5, 0.6) is 0 Å². The third-order valence-electron chi connectivity index (χ3n) is 1.71. The van der Waals surface area contributed by atoms with Crippen LogP contribution in [0, 0.1) is 12.7 Å². The quantitative estimate of drug-likeness (QED) is 0.731. The van der Waals surface area contributed by atoms with Gasteiger partial charge in [-0.1, -0.05) is 22.0 Å². The number of benzene rings is 1. The molecule has 1 unspecified atom stereocenters. The van der Waals surface area contributed by atoms with Crippen molar-refractivity contribution in [1.29, 1.82) is 0 Å². The van der Waals surface area contributed by atoms with Crippen LogP contribution in [0.1, 0.15) is 22.9 Å². The van der Waals surface area contributed by atoms with Gasteiger partial charge in [-0.25, -0.2) is 4.39 Å². The van der Waals surface area contributed by atoms with E-state index >= 15 is 0 Å². The fourth-order valence-electron chi connectivity index (χ4n) is 1.15. The maximum Gasteiger partial charge on any atom is 0.147 e. The van der Waals surface area contributed by atoms with Crippen LogP contribution in [0.2, 0.25) is 0 Å². The van der Waals surface area contributed by atoms with Gasteiger partial charge < -0.3 is 0 Å². The van der Waals surface area contributed by atoms with Crippen molar-refractivity contribution in [2.75, 3.05) is 0 Å². The number of carbonyl (C=O) groups is 1. The Morgan fingerprint density at radius 3 is 2.54 bits per heavy atom. The number of halogens is 2. The molecule has 0 bridgehead atoms. The van der Waals surface area contributed by atoms with Gasteiger partial charge in [-0.2, -0.15) is 0 Å². The number of hydrogen-bond donors (Lipinski definition) is 0. The number of ketones is 1. The van der Waals surface area contributed by atoms with Crippen molar-refractivity contribution in [3.05, 3.63) is 35.1 Å². The van der Waals surface area contributed by atoms with Gasteiger partial charge in [0, 0.05) is 0 Å². The lowest BCUT2D eigenvalue weighted by molar-refractivity contribution is -0.116. The topological polar surface area (TPSA) is 17.1 Å². The van der Waals surface area contributed by atoms with Crippen molar-refractivity contribution in [2.45, 2.75) is 18.7 Å². The Balaban J connectivity index is 3.07. The monoisotopic (exact) mass is 244 g/mol. The lowest BCUT2D eigenvalue weighted by Crippen LogP contribution is -2.01. The SMILES string of the molecule is CC(=O)C(Br)c1cc(C)cc(F)c1. The van der Waals surface area contributed by atoms with Crippen molar-refractivity contribution in [3.8, 4) is 0 Å². The van der Waals surface area contributed by atoms with E-state index in [1.807, 2.05) is 0 Å². The minimum Gasteiger partial charge on any atom is -0.298 e. The molecule has 13 heavy (non-hydrogen) atoms. The van der Waals surface area contributed by atoms with Crippen LogP contribution in [0.3, 0.4) is 0 Å². The van der Waals surface area contributed by atoms with Crippen LogP contribution >= 0.6 is 15.9 Å². The summed E-state index contributed by atoms with van der Waals surface area (Å²) in [7, 11) is 0. The Kier molecular flexibility index (Phi) is 3.20. The van der Waals surface area contributed by atoms with Gasteiger partial charge >= 0.3 is 0 Å². The predicted molar refractivity (Wildman–Crippen MR) is 53.5 cm³/mol. The Morgan fingerprint density at radius 2 is 2.08 bits per heavy atom. The second-order valence-electron chi connectivity index (χ2n) is 3.04. The molecule has 0 saturated carbocycles. The minimum absolute atomic E-state index is 0.0231. The molecule has 0 N–H and O–H groups in total. The summed E-state index contributed by atoms with van der Waals surface area (Å²) in [6, 6.07) is 4.60. The largest absolute Gasteiger partial charge is 0.298 e. The highest BCUT2D eigenvalue weighted by atomic mass is 79.9. The number of hydrogen-bond acceptors (Lipinski definition) is 1. The fourth-order valence-corrected chi connectivity index (χ4v) is 1.41. The zero-order valence-corrected chi connectivity index (χ0v) is 9.06. The van der Waals surface area contributed by atoms with E-state index < -0.39 is 4.83 Å².